The van der Waals surface area contributed by atoms with Gasteiger partial charge >= 0.3 is 5.97 Å². The Bertz CT molecular complexity index is 468. The molecular weight excluding hydrogens is 258 g/mol. The van der Waals surface area contributed by atoms with Crippen LogP contribution in [-0.4, -0.2) is 22.5 Å². The van der Waals surface area contributed by atoms with Crippen LogP contribution in [0.25, 0.3) is 0 Å². The number of carboxylic acids is 1. The molecule has 1 heterocycles. The molecule has 0 spiro atoms. The van der Waals surface area contributed by atoms with E-state index in [0.29, 0.717) is 12.8 Å². The van der Waals surface area contributed by atoms with Crippen LogP contribution in [0.3, 0.4) is 0 Å². The molecule has 1 aromatic rings. The lowest BCUT2D eigenvalue weighted by atomic mass is 9.73. The summed E-state index contributed by atoms with van der Waals surface area (Å²) in [6.45, 7) is 1.90. The van der Waals surface area contributed by atoms with E-state index in [1.165, 1.54) is 0 Å². The van der Waals surface area contributed by atoms with Gasteiger partial charge in [-0.2, -0.15) is 0 Å². The van der Waals surface area contributed by atoms with E-state index in [0.717, 1.165) is 25.0 Å². The number of carbonyl (C=O) groups is 2. The molecule has 20 heavy (non-hydrogen) atoms. The number of hydrogen-bond acceptors (Lipinski definition) is 3. The van der Waals surface area contributed by atoms with Crippen LogP contribution in [0, 0.1) is 5.92 Å². The minimum absolute atomic E-state index is 0.0405. The number of rotatable bonds is 5. The van der Waals surface area contributed by atoms with E-state index in [2.05, 4.69) is 5.32 Å². The highest BCUT2D eigenvalue weighted by atomic mass is 16.4. The quantitative estimate of drug-likeness (QED) is 0.867. The number of amides is 1. The molecule has 5 heteroatoms. The number of nitrogens with one attached hydrogen (secondary N) is 1. The van der Waals surface area contributed by atoms with Crippen LogP contribution in [0.2, 0.25) is 0 Å². The predicted octanol–water partition coefficient (Wildman–Crippen LogP) is 2.36. The van der Waals surface area contributed by atoms with Gasteiger partial charge in [-0.25, -0.2) is 4.79 Å². The van der Waals surface area contributed by atoms with Crippen LogP contribution in [-0.2, 0) is 16.0 Å². The van der Waals surface area contributed by atoms with E-state index in [9.17, 15) is 14.7 Å². The maximum Gasteiger partial charge on any atom is 0.329 e. The van der Waals surface area contributed by atoms with Gasteiger partial charge in [-0.15, -0.1) is 0 Å². The van der Waals surface area contributed by atoms with Gasteiger partial charge in [0.2, 0.25) is 5.91 Å². The summed E-state index contributed by atoms with van der Waals surface area (Å²) in [7, 11) is 0. The van der Waals surface area contributed by atoms with Gasteiger partial charge in [-0.05, 0) is 30.9 Å². The van der Waals surface area contributed by atoms with Crippen LogP contribution in [0.4, 0.5) is 0 Å². The van der Waals surface area contributed by atoms with Crippen molar-refractivity contribution < 1.29 is 19.1 Å². The highest BCUT2D eigenvalue weighted by Gasteiger charge is 2.46. The fourth-order valence-corrected chi connectivity index (χ4v) is 2.91. The normalized spacial score (nSPS) is 26.1. The van der Waals surface area contributed by atoms with Gasteiger partial charge in [0.25, 0.3) is 0 Å². The maximum absolute atomic E-state index is 12.0. The van der Waals surface area contributed by atoms with E-state index in [1.54, 1.807) is 12.3 Å². The molecule has 5 nitrogen and oxygen atoms in total. The first-order chi connectivity index (χ1) is 9.54. The zero-order valence-corrected chi connectivity index (χ0v) is 11.7. The van der Waals surface area contributed by atoms with Crippen molar-refractivity contribution in [3.05, 3.63) is 24.2 Å². The fraction of sp³-hybridized carbons (Fsp3) is 0.600. The highest BCUT2D eigenvalue weighted by molar-refractivity contribution is 5.87. The van der Waals surface area contributed by atoms with Crippen molar-refractivity contribution in [2.45, 2.75) is 51.0 Å². The number of carbonyl (C=O) groups excluding carboxylic acids is 1. The fourth-order valence-electron chi connectivity index (χ4n) is 2.91. The van der Waals surface area contributed by atoms with Crippen molar-refractivity contribution in [3.8, 4) is 0 Å². The van der Waals surface area contributed by atoms with Crippen molar-refractivity contribution in [3.63, 3.8) is 0 Å². The molecule has 0 radical (unpaired) electrons. The molecule has 2 rings (SSSR count). The summed E-state index contributed by atoms with van der Waals surface area (Å²) in [5.74, 6) is -0.448. The lowest BCUT2D eigenvalue weighted by molar-refractivity contribution is -0.152. The van der Waals surface area contributed by atoms with Crippen LogP contribution in [0.5, 0.6) is 0 Å². The molecular formula is C15H21NO4. The van der Waals surface area contributed by atoms with Gasteiger partial charge in [-0.1, -0.05) is 19.8 Å². The van der Waals surface area contributed by atoms with Crippen LogP contribution < -0.4 is 5.32 Å². The SMILES string of the molecule is CC1CCCCC1(NC(=O)CCc1ccco1)C(=O)O. The standard InChI is InChI=1S/C15H21NO4/c1-11-5-2-3-9-15(11,14(18)19)16-13(17)8-7-12-6-4-10-20-12/h4,6,10-11H,2-3,5,7-9H2,1H3,(H,16,17)(H,18,19). The Morgan fingerprint density at radius 3 is 2.90 bits per heavy atom. The third-order valence-electron chi connectivity index (χ3n) is 4.22. The second-order valence-corrected chi connectivity index (χ2v) is 5.55. The Morgan fingerprint density at radius 2 is 2.30 bits per heavy atom. The van der Waals surface area contributed by atoms with E-state index in [1.807, 2.05) is 13.0 Å². The molecule has 1 saturated carbocycles. The van der Waals surface area contributed by atoms with E-state index in [-0.39, 0.29) is 18.2 Å². The minimum Gasteiger partial charge on any atom is -0.479 e. The third-order valence-corrected chi connectivity index (χ3v) is 4.22. The minimum atomic E-state index is -1.10. The Labute approximate surface area is 118 Å². The first-order valence-electron chi connectivity index (χ1n) is 7.11. The van der Waals surface area contributed by atoms with Gasteiger partial charge in [0.1, 0.15) is 11.3 Å². The Kier molecular flexibility index (Phi) is 4.47. The van der Waals surface area contributed by atoms with Gasteiger partial charge in [0.05, 0.1) is 6.26 Å². The number of aryl methyl sites for hydroxylation is 1. The Hall–Kier alpha value is -1.78. The molecule has 1 aliphatic carbocycles. The molecule has 1 aliphatic rings. The summed E-state index contributed by atoms with van der Waals surface area (Å²) >= 11 is 0. The largest absolute Gasteiger partial charge is 0.479 e. The first kappa shape index (κ1) is 14.6. The molecule has 2 atom stereocenters. The van der Waals surface area contributed by atoms with Crippen LogP contribution in [0.15, 0.2) is 22.8 Å². The Morgan fingerprint density at radius 1 is 1.50 bits per heavy atom. The zero-order valence-electron chi connectivity index (χ0n) is 11.7. The van der Waals surface area contributed by atoms with E-state index in [4.69, 9.17) is 4.42 Å². The summed E-state index contributed by atoms with van der Waals surface area (Å²) in [4.78, 5) is 23.7. The van der Waals surface area contributed by atoms with Crippen LogP contribution >= 0.6 is 0 Å². The molecule has 0 aliphatic heterocycles. The predicted molar refractivity (Wildman–Crippen MR) is 73.2 cm³/mol. The molecule has 110 valence electrons. The molecule has 2 unspecified atom stereocenters. The summed E-state index contributed by atoms with van der Waals surface area (Å²) in [6, 6.07) is 3.58. The number of carboxylic acid groups (broad SMARTS) is 1. The molecule has 1 amide bonds. The number of furan rings is 1. The van der Waals surface area contributed by atoms with Crippen molar-refractivity contribution in [2.24, 2.45) is 5.92 Å². The third kappa shape index (κ3) is 3.03. The van der Waals surface area contributed by atoms with Gasteiger partial charge < -0.3 is 14.8 Å². The summed E-state index contributed by atoms with van der Waals surface area (Å²) in [5.41, 5.74) is -1.10. The number of aliphatic carboxylic acids is 1. The molecule has 1 aromatic heterocycles. The van der Waals surface area contributed by atoms with Gasteiger partial charge in [-0.3, -0.25) is 4.79 Å². The van der Waals surface area contributed by atoms with Crippen LogP contribution in [0.1, 0.15) is 44.8 Å². The summed E-state index contributed by atoms with van der Waals surface area (Å²) in [6.07, 6.45) is 5.52. The highest BCUT2D eigenvalue weighted by Crippen LogP contribution is 2.34. The second kappa shape index (κ2) is 6.11. The molecule has 0 aromatic carbocycles. The smallest absolute Gasteiger partial charge is 0.329 e. The van der Waals surface area contributed by atoms with E-state index >= 15 is 0 Å². The Balaban J connectivity index is 1.97. The first-order valence-corrected chi connectivity index (χ1v) is 7.11. The molecule has 1 fully saturated rings. The van der Waals surface area contributed by atoms with Crippen molar-refractivity contribution in [2.75, 3.05) is 0 Å². The van der Waals surface area contributed by atoms with E-state index < -0.39 is 11.5 Å². The molecule has 0 saturated heterocycles. The zero-order chi connectivity index (χ0) is 14.6. The molecule has 2 N–H and O–H groups in total. The monoisotopic (exact) mass is 279 g/mol. The average molecular weight is 279 g/mol. The lowest BCUT2D eigenvalue weighted by Crippen LogP contribution is -2.60. The van der Waals surface area contributed by atoms with Gasteiger partial charge in [0, 0.05) is 12.8 Å². The maximum atomic E-state index is 12.0. The van der Waals surface area contributed by atoms with Gasteiger partial charge in [0.15, 0.2) is 0 Å². The lowest BCUT2D eigenvalue weighted by Gasteiger charge is -2.39. The van der Waals surface area contributed by atoms with Crippen molar-refractivity contribution >= 4 is 11.9 Å². The van der Waals surface area contributed by atoms with Crippen molar-refractivity contribution in [1.82, 2.24) is 5.32 Å². The average Bonchev–Trinajstić information content (AvgIpc) is 2.92. The van der Waals surface area contributed by atoms with Crippen molar-refractivity contribution in [1.29, 1.82) is 0 Å². The molecule has 0 bridgehead atoms. The summed E-state index contributed by atoms with van der Waals surface area (Å²) < 4.78 is 5.17. The second-order valence-electron chi connectivity index (χ2n) is 5.55. The number of hydrogen-bond donors (Lipinski definition) is 2. The topological polar surface area (TPSA) is 79.5 Å². The summed E-state index contributed by atoms with van der Waals surface area (Å²) in [5, 5.41) is 12.3.